The Balaban J connectivity index is 2.04. The molecule has 1 atom stereocenters. The first kappa shape index (κ1) is 9.05. The van der Waals surface area contributed by atoms with Crippen molar-refractivity contribution in [2.45, 2.75) is 13.3 Å². The standard InChI is InChI=1S/C9H13N3O2/c1-2-14-9(13)7-3-6-5-11-12-8(6)10-4-7/h5,7H,2-4H2,1H3,(H2,10,11,12). The van der Waals surface area contributed by atoms with Crippen LogP contribution in [0.25, 0.3) is 0 Å². The largest absolute Gasteiger partial charge is 0.466 e. The summed E-state index contributed by atoms with van der Waals surface area (Å²) in [7, 11) is 0. The fourth-order valence-corrected chi connectivity index (χ4v) is 1.61. The van der Waals surface area contributed by atoms with Gasteiger partial charge in [0.05, 0.1) is 18.7 Å². The van der Waals surface area contributed by atoms with Gasteiger partial charge in [-0.15, -0.1) is 0 Å². The van der Waals surface area contributed by atoms with E-state index in [4.69, 9.17) is 4.74 Å². The molecule has 5 nitrogen and oxygen atoms in total. The number of carbonyl (C=O) groups is 1. The zero-order valence-corrected chi connectivity index (χ0v) is 8.04. The Kier molecular flexibility index (Phi) is 2.39. The van der Waals surface area contributed by atoms with Crippen LogP contribution in [0.4, 0.5) is 5.82 Å². The lowest BCUT2D eigenvalue weighted by molar-refractivity contribution is -0.147. The van der Waals surface area contributed by atoms with E-state index in [1.807, 2.05) is 6.92 Å². The molecule has 1 aliphatic heterocycles. The number of nitrogens with one attached hydrogen (secondary N) is 2. The first-order chi connectivity index (χ1) is 6.81. The summed E-state index contributed by atoms with van der Waals surface area (Å²) in [5.41, 5.74) is 1.05. The molecule has 2 rings (SSSR count). The monoisotopic (exact) mass is 195 g/mol. The average Bonchev–Trinajstić information content (AvgIpc) is 2.64. The number of hydrogen-bond acceptors (Lipinski definition) is 4. The lowest BCUT2D eigenvalue weighted by Crippen LogP contribution is -2.30. The van der Waals surface area contributed by atoms with Gasteiger partial charge in [0.2, 0.25) is 0 Å². The molecule has 0 bridgehead atoms. The third-order valence-corrected chi connectivity index (χ3v) is 2.33. The summed E-state index contributed by atoms with van der Waals surface area (Å²) >= 11 is 0. The molecule has 1 aromatic rings. The fraction of sp³-hybridized carbons (Fsp3) is 0.556. The highest BCUT2D eigenvalue weighted by molar-refractivity contribution is 5.74. The van der Waals surface area contributed by atoms with Crippen molar-refractivity contribution < 1.29 is 9.53 Å². The molecule has 1 aromatic heterocycles. The Morgan fingerprint density at radius 2 is 2.64 bits per heavy atom. The molecule has 0 spiro atoms. The van der Waals surface area contributed by atoms with Crippen LogP contribution < -0.4 is 5.32 Å². The third kappa shape index (κ3) is 1.57. The highest BCUT2D eigenvalue weighted by Crippen LogP contribution is 2.22. The van der Waals surface area contributed by atoms with Gasteiger partial charge >= 0.3 is 5.97 Å². The minimum Gasteiger partial charge on any atom is -0.466 e. The molecule has 0 saturated carbocycles. The lowest BCUT2D eigenvalue weighted by Gasteiger charge is -2.21. The van der Waals surface area contributed by atoms with Gasteiger partial charge in [-0.3, -0.25) is 9.89 Å². The predicted octanol–water partition coefficient (Wildman–Crippen LogP) is 0.557. The van der Waals surface area contributed by atoms with Crippen molar-refractivity contribution in [1.29, 1.82) is 0 Å². The van der Waals surface area contributed by atoms with Crippen LogP contribution in [-0.4, -0.2) is 29.3 Å². The lowest BCUT2D eigenvalue weighted by atomic mass is 9.98. The Hall–Kier alpha value is -1.52. The van der Waals surface area contributed by atoms with Gasteiger partial charge in [-0.2, -0.15) is 5.10 Å². The van der Waals surface area contributed by atoms with Crippen molar-refractivity contribution in [3.63, 3.8) is 0 Å². The van der Waals surface area contributed by atoms with Crippen molar-refractivity contribution in [2.75, 3.05) is 18.5 Å². The molecular weight excluding hydrogens is 182 g/mol. The van der Waals surface area contributed by atoms with Crippen molar-refractivity contribution in [3.05, 3.63) is 11.8 Å². The van der Waals surface area contributed by atoms with Crippen LogP contribution in [0, 0.1) is 5.92 Å². The molecule has 0 saturated heterocycles. The van der Waals surface area contributed by atoms with Crippen LogP contribution in [-0.2, 0) is 16.0 Å². The molecule has 1 unspecified atom stereocenters. The number of fused-ring (bicyclic) bond motifs is 1. The maximum Gasteiger partial charge on any atom is 0.311 e. The number of ether oxygens (including phenoxy) is 1. The summed E-state index contributed by atoms with van der Waals surface area (Å²) < 4.78 is 4.96. The molecule has 1 aliphatic rings. The van der Waals surface area contributed by atoms with E-state index < -0.39 is 0 Å². The average molecular weight is 195 g/mol. The summed E-state index contributed by atoms with van der Waals surface area (Å²) in [4.78, 5) is 11.4. The van der Waals surface area contributed by atoms with E-state index in [-0.39, 0.29) is 11.9 Å². The van der Waals surface area contributed by atoms with Gasteiger partial charge in [0.15, 0.2) is 0 Å². The quantitative estimate of drug-likeness (QED) is 0.676. The van der Waals surface area contributed by atoms with Crippen LogP contribution in [0.2, 0.25) is 0 Å². The summed E-state index contributed by atoms with van der Waals surface area (Å²) in [5, 5.41) is 9.85. The summed E-state index contributed by atoms with van der Waals surface area (Å²) in [6, 6.07) is 0. The van der Waals surface area contributed by atoms with Gasteiger partial charge in [-0.1, -0.05) is 0 Å². The Bertz CT molecular complexity index is 335. The number of rotatable bonds is 2. The summed E-state index contributed by atoms with van der Waals surface area (Å²) in [5.74, 6) is 0.706. The second-order valence-corrected chi connectivity index (χ2v) is 3.30. The number of carbonyl (C=O) groups excluding carboxylic acids is 1. The number of nitrogens with zero attached hydrogens (tertiary/aromatic N) is 1. The number of aromatic nitrogens is 2. The smallest absolute Gasteiger partial charge is 0.311 e. The SMILES string of the molecule is CCOC(=O)C1CNc2[nH]ncc2C1. The van der Waals surface area contributed by atoms with Crippen molar-refractivity contribution in [1.82, 2.24) is 10.2 Å². The molecule has 2 N–H and O–H groups in total. The second kappa shape index (κ2) is 3.69. The number of hydrogen-bond donors (Lipinski definition) is 2. The Labute approximate surface area is 81.8 Å². The van der Waals surface area contributed by atoms with E-state index in [0.29, 0.717) is 19.6 Å². The maximum absolute atomic E-state index is 11.4. The maximum atomic E-state index is 11.4. The van der Waals surface area contributed by atoms with Crippen molar-refractivity contribution in [2.24, 2.45) is 5.92 Å². The van der Waals surface area contributed by atoms with Crippen molar-refractivity contribution >= 4 is 11.8 Å². The van der Waals surface area contributed by atoms with Crippen LogP contribution >= 0.6 is 0 Å². The minimum atomic E-state index is -0.133. The van der Waals surface area contributed by atoms with Gasteiger partial charge in [-0.05, 0) is 13.3 Å². The van der Waals surface area contributed by atoms with Crippen LogP contribution in [0.15, 0.2) is 6.20 Å². The van der Waals surface area contributed by atoms with Crippen LogP contribution in [0.1, 0.15) is 12.5 Å². The fourth-order valence-electron chi connectivity index (χ4n) is 1.61. The molecule has 0 radical (unpaired) electrons. The molecule has 0 aromatic carbocycles. The van der Waals surface area contributed by atoms with E-state index in [0.717, 1.165) is 11.4 Å². The molecule has 2 heterocycles. The van der Waals surface area contributed by atoms with E-state index in [9.17, 15) is 4.79 Å². The number of esters is 1. The second-order valence-electron chi connectivity index (χ2n) is 3.30. The molecule has 0 fully saturated rings. The Morgan fingerprint density at radius 1 is 1.79 bits per heavy atom. The number of anilines is 1. The summed E-state index contributed by atoms with van der Waals surface area (Å²) in [6.45, 7) is 2.87. The topological polar surface area (TPSA) is 67.0 Å². The zero-order chi connectivity index (χ0) is 9.97. The van der Waals surface area contributed by atoms with Gasteiger partial charge < -0.3 is 10.1 Å². The number of aromatic amines is 1. The van der Waals surface area contributed by atoms with Gasteiger partial charge in [0.1, 0.15) is 5.82 Å². The van der Waals surface area contributed by atoms with Gasteiger partial charge in [-0.25, -0.2) is 0 Å². The molecular formula is C9H13N3O2. The molecule has 76 valence electrons. The van der Waals surface area contributed by atoms with Crippen LogP contribution in [0.5, 0.6) is 0 Å². The highest BCUT2D eigenvalue weighted by Gasteiger charge is 2.26. The summed E-state index contributed by atoms with van der Waals surface area (Å²) in [6.07, 6.45) is 2.45. The third-order valence-electron chi connectivity index (χ3n) is 2.33. The zero-order valence-electron chi connectivity index (χ0n) is 8.04. The normalized spacial score (nSPS) is 19.6. The number of H-pyrrole nitrogens is 1. The first-order valence-corrected chi connectivity index (χ1v) is 4.74. The first-order valence-electron chi connectivity index (χ1n) is 4.74. The predicted molar refractivity (Wildman–Crippen MR) is 50.9 cm³/mol. The van der Waals surface area contributed by atoms with E-state index in [1.165, 1.54) is 0 Å². The van der Waals surface area contributed by atoms with Gasteiger partial charge in [0, 0.05) is 12.1 Å². The molecule has 5 heteroatoms. The Morgan fingerprint density at radius 3 is 3.43 bits per heavy atom. The van der Waals surface area contributed by atoms with E-state index >= 15 is 0 Å². The van der Waals surface area contributed by atoms with E-state index in [2.05, 4.69) is 15.5 Å². The molecule has 0 aliphatic carbocycles. The van der Waals surface area contributed by atoms with Crippen LogP contribution in [0.3, 0.4) is 0 Å². The molecule has 14 heavy (non-hydrogen) atoms. The highest BCUT2D eigenvalue weighted by atomic mass is 16.5. The van der Waals surface area contributed by atoms with Crippen molar-refractivity contribution in [3.8, 4) is 0 Å². The molecule has 0 amide bonds. The van der Waals surface area contributed by atoms with E-state index in [1.54, 1.807) is 6.20 Å². The minimum absolute atomic E-state index is 0.0833. The van der Waals surface area contributed by atoms with Gasteiger partial charge in [0.25, 0.3) is 0 Å².